The molecule has 0 N–H and O–H groups in total. The minimum Gasteiger partial charge on any atom is -0.594 e. The molecule has 1 aromatic rings. The summed E-state index contributed by atoms with van der Waals surface area (Å²) in [5.41, 5.74) is -1.83. The number of hydroxylamine groups is 1. The molecule has 1 aromatic carbocycles. The molecule has 1 fully saturated rings. The maximum Gasteiger partial charge on any atom is 0.438 e. The normalized spacial score (nSPS) is 20.9. The first-order valence-corrected chi connectivity index (χ1v) is 9.05. The minimum absolute atomic E-state index is 0.00409. The molecule has 0 spiro atoms. The molecule has 120 valence electrons. The van der Waals surface area contributed by atoms with Gasteiger partial charge >= 0.3 is 13.2 Å². The zero-order valence-corrected chi connectivity index (χ0v) is 13.1. The quantitative estimate of drug-likeness (QED) is 0.204. The van der Waals surface area contributed by atoms with Gasteiger partial charge in [-0.2, -0.15) is 0 Å². The maximum atomic E-state index is 12.3. The Morgan fingerprint density at radius 1 is 1.18 bits per heavy atom. The first-order chi connectivity index (χ1) is 10.4. The topological polar surface area (TPSA) is 108 Å². The van der Waals surface area contributed by atoms with Crippen molar-refractivity contribution in [3.05, 3.63) is 45.7 Å². The van der Waals surface area contributed by atoms with Crippen molar-refractivity contribution in [2.45, 2.75) is 37.8 Å². The molecule has 1 saturated carbocycles. The Bertz CT molecular complexity index is 613. The van der Waals surface area contributed by atoms with E-state index < -0.39 is 18.1 Å². The van der Waals surface area contributed by atoms with Crippen LogP contribution in [0, 0.1) is 15.3 Å². The molecule has 1 aliphatic rings. The first-order valence-electron chi connectivity index (χ1n) is 7.03. The lowest BCUT2D eigenvalue weighted by molar-refractivity contribution is -0.816. The molecule has 0 aromatic heterocycles. The zero-order chi connectivity index (χ0) is 16.2. The number of hydrogen-bond donors (Lipinski definition) is 0. The van der Waals surface area contributed by atoms with E-state index in [2.05, 4.69) is 4.88 Å². The third-order valence-electron chi connectivity index (χ3n) is 3.61. The summed E-state index contributed by atoms with van der Waals surface area (Å²) in [4.78, 5) is 14.2. The van der Waals surface area contributed by atoms with E-state index in [1.807, 2.05) is 0 Å². The first kappa shape index (κ1) is 16.4. The second-order valence-corrected chi connectivity index (χ2v) is 7.34. The third-order valence-corrected chi connectivity index (χ3v) is 4.65. The SMILES string of the molecule is CP(=O)(/N=[N+](\[O-])C1([N+](=O)[O-])CCCCC1)Oc1ccccc1. The molecule has 8 nitrogen and oxygen atoms in total. The number of para-hydroxylation sites is 1. The molecular formula is C13H18N3O5P. The summed E-state index contributed by atoms with van der Waals surface area (Å²) >= 11 is 0. The van der Waals surface area contributed by atoms with Gasteiger partial charge in [-0.05, 0) is 29.8 Å². The number of hydrogen-bond acceptors (Lipinski definition) is 5. The summed E-state index contributed by atoms with van der Waals surface area (Å²) in [6, 6.07) is 8.28. The Morgan fingerprint density at radius 2 is 1.77 bits per heavy atom. The molecule has 1 aliphatic carbocycles. The van der Waals surface area contributed by atoms with Crippen LogP contribution in [0.1, 0.15) is 32.1 Å². The molecule has 0 amide bonds. The molecule has 0 aliphatic heterocycles. The monoisotopic (exact) mass is 327 g/mol. The predicted octanol–water partition coefficient (Wildman–Crippen LogP) is 3.79. The van der Waals surface area contributed by atoms with Crippen LogP contribution < -0.4 is 4.52 Å². The Labute approximate surface area is 128 Å². The molecule has 9 heteroatoms. The fraction of sp³-hybridized carbons (Fsp3) is 0.538. The van der Waals surface area contributed by atoms with Gasteiger partial charge < -0.3 is 9.73 Å². The van der Waals surface area contributed by atoms with Gasteiger partial charge in [0.05, 0.1) is 29.3 Å². The highest BCUT2D eigenvalue weighted by atomic mass is 31.2. The van der Waals surface area contributed by atoms with Crippen LogP contribution >= 0.6 is 7.52 Å². The van der Waals surface area contributed by atoms with Crippen molar-refractivity contribution in [1.29, 1.82) is 0 Å². The Hall–Kier alpha value is -1.95. The fourth-order valence-corrected chi connectivity index (χ4v) is 3.50. The highest BCUT2D eigenvalue weighted by Crippen LogP contribution is 2.46. The van der Waals surface area contributed by atoms with Crippen LogP contribution in [0.15, 0.2) is 35.2 Å². The summed E-state index contributed by atoms with van der Waals surface area (Å²) in [7, 11) is -3.69. The molecule has 2 rings (SSSR count). The molecular weight excluding hydrogens is 309 g/mol. The third kappa shape index (κ3) is 3.62. The maximum absolute atomic E-state index is 12.3. The lowest BCUT2D eigenvalue weighted by atomic mass is 9.90. The van der Waals surface area contributed by atoms with Crippen molar-refractivity contribution < 1.29 is 18.9 Å². The summed E-state index contributed by atoms with van der Waals surface area (Å²) in [6.45, 7) is 1.17. The van der Waals surface area contributed by atoms with E-state index in [1.54, 1.807) is 30.3 Å². The Kier molecular flexibility index (Phi) is 4.81. The van der Waals surface area contributed by atoms with E-state index in [9.17, 15) is 19.9 Å². The molecule has 1 atom stereocenters. The van der Waals surface area contributed by atoms with Gasteiger partial charge in [0.25, 0.3) is 0 Å². The number of nitrogens with zero attached hydrogens (tertiary/aromatic N) is 3. The lowest BCUT2D eigenvalue weighted by Crippen LogP contribution is -2.48. The lowest BCUT2D eigenvalue weighted by Gasteiger charge is -2.25. The van der Waals surface area contributed by atoms with Gasteiger partial charge in [0.1, 0.15) is 5.75 Å². The van der Waals surface area contributed by atoms with Gasteiger partial charge in [-0.1, -0.05) is 24.6 Å². The second-order valence-electron chi connectivity index (χ2n) is 5.37. The van der Waals surface area contributed by atoms with Gasteiger partial charge in [-0.3, -0.25) is 10.1 Å². The van der Waals surface area contributed by atoms with Crippen LogP contribution in [0.4, 0.5) is 0 Å². The van der Waals surface area contributed by atoms with E-state index in [0.717, 1.165) is 6.42 Å². The molecule has 22 heavy (non-hydrogen) atoms. The van der Waals surface area contributed by atoms with Crippen molar-refractivity contribution >= 4 is 7.52 Å². The molecule has 0 radical (unpaired) electrons. The number of benzene rings is 1. The largest absolute Gasteiger partial charge is 0.594 e. The number of nitro groups is 1. The fourth-order valence-electron chi connectivity index (χ4n) is 2.49. The van der Waals surface area contributed by atoms with Crippen molar-refractivity contribution in [2.75, 3.05) is 6.66 Å². The van der Waals surface area contributed by atoms with Gasteiger partial charge in [-0.15, -0.1) is 0 Å². The average Bonchev–Trinajstić information content (AvgIpc) is 2.47. The van der Waals surface area contributed by atoms with E-state index in [1.165, 1.54) is 6.66 Å². The Balaban J connectivity index is 2.25. The molecule has 0 heterocycles. The summed E-state index contributed by atoms with van der Waals surface area (Å²) in [5.74, 6) is 0.296. The van der Waals surface area contributed by atoms with Crippen LogP contribution in [0.25, 0.3) is 0 Å². The van der Waals surface area contributed by atoms with Crippen molar-refractivity contribution in [3.8, 4) is 5.75 Å². The summed E-state index contributed by atoms with van der Waals surface area (Å²) in [5, 5.41) is 23.6. The minimum atomic E-state index is -3.69. The van der Waals surface area contributed by atoms with Gasteiger partial charge in [0.2, 0.25) is 0 Å². The van der Waals surface area contributed by atoms with Crippen LogP contribution in [-0.4, -0.2) is 22.1 Å². The summed E-state index contributed by atoms with van der Waals surface area (Å²) in [6.07, 6.45) is 2.18. The molecule has 0 saturated heterocycles. The molecule has 1 unspecified atom stereocenters. The highest BCUT2D eigenvalue weighted by molar-refractivity contribution is 7.56. The second kappa shape index (κ2) is 6.44. The highest BCUT2D eigenvalue weighted by Gasteiger charge is 2.55. The van der Waals surface area contributed by atoms with Gasteiger partial charge in [0.15, 0.2) is 0 Å². The van der Waals surface area contributed by atoms with Gasteiger partial charge in [0, 0.05) is 0 Å². The van der Waals surface area contributed by atoms with Crippen LogP contribution in [0.3, 0.4) is 0 Å². The Morgan fingerprint density at radius 3 is 2.32 bits per heavy atom. The summed E-state index contributed by atoms with van der Waals surface area (Å²) < 4.78 is 17.6. The van der Waals surface area contributed by atoms with Crippen LogP contribution in [0.5, 0.6) is 5.75 Å². The zero-order valence-electron chi connectivity index (χ0n) is 12.3. The van der Waals surface area contributed by atoms with Gasteiger partial charge in [-0.25, -0.2) is 4.57 Å². The van der Waals surface area contributed by atoms with Crippen molar-refractivity contribution in [2.24, 2.45) is 4.88 Å². The van der Waals surface area contributed by atoms with E-state index in [0.29, 0.717) is 18.6 Å². The predicted molar refractivity (Wildman–Crippen MR) is 79.5 cm³/mol. The van der Waals surface area contributed by atoms with E-state index in [-0.39, 0.29) is 17.7 Å². The van der Waals surface area contributed by atoms with Crippen LogP contribution in [-0.2, 0) is 4.57 Å². The molecule has 0 bridgehead atoms. The average molecular weight is 327 g/mol. The smallest absolute Gasteiger partial charge is 0.438 e. The van der Waals surface area contributed by atoms with Crippen molar-refractivity contribution in [3.63, 3.8) is 0 Å². The van der Waals surface area contributed by atoms with Crippen LogP contribution in [0.2, 0.25) is 0 Å². The van der Waals surface area contributed by atoms with E-state index >= 15 is 0 Å². The van der Waals surface area contributed by atoms with E-state index in [4.69, 9.17) is 4.52 Å². The number of rotatable bonds is 5. The van der Waals surface area contributed by atoms with Crippen molar-refractivity contribution in [1.82, 2.24) is 0 Å². The standard InChI is InChI=1S/C13H18N3O5P/c1-22(20,21-12-8-4-2-5-9-12)14-15(17)13(16(18)19)10-6-3-7-11-13/h2,4-5,8-9H,3,6-7,10-11H2,1H3/b15-14-.